The Morgan fingerprint density at radius 2 is 1.88 bits per heavy atom. The summed E-state index contributed by atoms with van der Waals surface area (Å²) in [4.78, 5) is 0. The van der Waals surface area contributed by atoms with E-state index in [1.807, 2.05) is 5.38 Å². The van der Waals surface area contributed by atoms with Gasteiger partial charge in [0.1, 0.15) is 4.21 Å². The summed E-state index contributed by atoms with van der Waals surface area (Å²) < 4.78 is 30.0. The highest BCUT2D eigenvalue weighted by atomic mass is 32.2. The third-order valence-corrected chi connectivity index (χ3v) is 11.7. The summed E-state index contributed by atoms with van der Waals surface area (Å²) in [5.74, 6) is 0. The molecule has 1 heterocycles. The lowest BCUT2D eigenvalue weighted by Gasteiger charge is -2.39. The summed E-state index contributed by atoms with van der Waals surface area (Å²) in [7, 11) is -5.57. The molecule has 0 saturated carbocycles. The molecule has 0 aliphatic heterocycles. The lowest BCUT2D eigenvalue weighted by Crippen LogP contribution is -2.41. The molecule has 0 aliphatic carbocycles. The fourth-order valence-corrected chi connectivity index (χ4v) is 5.21. The lowest BCUT2D eigenvalue weighted by atomic mass is 10.1. The van der Waals surface area contributed by atoms with Crippen LogP contribution in [-0.2, 0) is 14.4 Å². The quantitative estimate of drug-likeness (QED) is 0.451. The first-order chi connectivity index (χ1) is 10.9. The van der Waals surface area contributed by atoms with Crippen molar-refractivity contribution in [1.82, 2.24) is 0 Å². The number of nitrogens with two attached hydrogens (primary N) is 1. The van der Waals surface area contributed by atoms with Crippen LogP contribution in [0.15, 0.2) is 15.7 Å². The zero-order valence-corrected chi connectivity index (χ0v) is 18.5. The van der Waals surface area contributed by atoms with Crippen LogP contribution in [0.5, 0.6) is 0 Å². The van der Waals surface area contributed by atoms with E-state index in [4.69, 9.17) is 9.56 Å². The molecule has 4 nitrogen and oxygen atoms in total. The van der Waals surface area contributed by atoms with E-state index in [-0.39, 0.29) is 15.4 Å². The minimum absolute atomic E-state index is 0.0468. The third kappa shape index (κ3) is 6.26. The van der Waals surface area contributed by atoms with E-state index in [0.29, 0.717) is 0 Å². The number of rotatable bonds is 9. The second-order valence-corrected chi connectivity index (χ2v) is 15.4. The SMILES string of the molecule is CCCCCCC(O[Si](C)(C)C(C)(C)C)c1csc(S(N)(=O)=O)c1. The number of thiophene rings is 1. The molecule has 1 atom stereocenters. The number of primary sulfonamides is 1. The monoisotopic (exact) mass is 391 g/mol. The Kier molecular flexibility index (Phi) is 7.68. The Balaban J connectivity index is 2.99. The highest BCUT2D eigenvalue weighted by Crippen LogP contribution is 2.41. The van der Waals surface area contributed by atoms with Crippen LogP contribution >= 0.6 is 11.3 Å². The molecular weight excluding hydrogens is 358 g/mol. The minimum atomic E-state index is -3.64. The number of hydrogen-bond acceptors (Lipinski definition) is 4. The van der Waals surface area contributed by atoms with Crippen molar-refractivity contribution in [2.75, 3.05) is 0 Å². The van der Waals surface area contributed by atoms with Crippen LogP contribution in [0, 0.1) is 0 Å². The topological polar surface area (TPSA) is 69.4 Å². The first-order valence-corrected chi connectivity index (χ1v) is 14.0. The van der Waals surface area contributed by atoms with E-state index in [1.54, 1.807) is 6.07 Å². The minimum Gasteiger partial charge on any atom is -0.410 e. The molecule has 0 radical (unpaired) electrons. The van der Waals surface area contributed by atoms with Gasteiger partial charge in [-0.1, -0.05) is 53.4 Å². The maximum Gasteiger partial charge on any atom is 0.247 e. The molecule has 0 spiro atoms. The van der Waals surface area contributed by atoms with Gasteiger partial charge in [0.05, 0.1) is 6.10 Å². The highest BCUT2D eigenvalue weighted by molar-refractivity contribution is 7.91. The second-order valence-electron chi connectivity index (χ2n) is 7.96. The zero-order valence-electron chi connectivity index (χ0n) is 15.9. The summed E-state index contributed by atoms with van der Waals surface area (Å²) in [6.07, 6.45) is 5.57. The van der Waals surface area contributed by atoms with Crippen LogP contribution in [0.4, 0.5) is 0 Å². The van der Waals surface area contributed by atoms with Crippen LogP contribution in [-0.4, -0.2) is 16.7 Å². The average molecular weight is 392 g/mol. The summed E-state index contributed by atoms with van der Waals surface area (Å²) >= 11 is 1.18. The summed E-state index contributed by atoms with van der Waals surface area (Å²) in [6, 6.07) is 1.69. The first-order valence-electron chi connectivity index (χ1n) is 8.67. The molecule has 1 aromatic heterocycles. The van der Waals surface area contributed by atoms with Gasteiger partial charge in [-0.25, -0.2) is 13.6 Å². The molecule has 24 heavy (non-hydrogen) atoms. The number of unbranched alkanes of at least 4 members (excludes halogenated alkanes) is 3. The molecule has 0 fully saturated rings. The third-order valence-electron chi connectivity index (χ3n) is 4.81. The van der Waals surface area contributed by atoms with Crippen molar-refractivity contribution < 1.29 is 12.8 Å². The van der Waals surface area contributed by atoms with Crippen LogP contribution in [0.25, 0.3) is 0 Å². The van der Waals surface area contributed by atoms with Gasteiger partial charge >= 0.3 is 0 Å². The largest absolute Gasteiger partial charge is 0.410 e. The molecule has 1 rings (SSSR count). The molecule has 140 valence electrons. The molecule has 0 saturated heterocycles. The van der Waals surface area contributed by atoms with E-state index in [0.717, 1.165) is 18.4 Å². The van der Waals surface area contributed by atoms with Gasteiger partial charge in [0.15, 0.2) is 8.32 Å². The van der Waals surface area contributed by atoms with Gasteiger partial charge < -0.3 is 4.43 Å². The molecule has 7 heteroatoms. The van der Waals surface area contributed by atoms with E-state index in [1.165, 1.54) is 30.6 Å². The van der Waals surface area contributed by atoms with Gasteiger partial charge in [-0.2, -0.15) is 0 Å². The van der Waals surface area contributed by atoms with E-state index >= 15 is 0 Å². The van der Waals surface area contributed by atoms with E-state index in [9.17, 15) is 8.42 Å². The Morgan fingerprint density at radius 3 is 2.33 bits per heavy atom. The fraction of sp³-hybridized carbons (Fsp3) is 0.765. The van der Waals surface area contributed by atoms with Crippen LogP contribution in [0.1, 0.15) is 71.5 Å². The van der Waals surface area contributed by atoms with E-state index in [2.05, 4.69) is 40.8 Å². The Morgan fingerprint density at radius 1 is 1.25 bits per heavy atom. The Labute approximate surface area is 153 Å². The predicted octanol–water partition coefficient (Wildman–Crippen LogP) is 5.43. The average Bonchev–Trinajstić information content (AvgIpc) is 2.90. The zero-order chi connectivity index (χ0) is 18.6. The van der Waals surface area contributed by atoms with Crippen molar-refractivity contribution in [2.45, 2.75) is 88.2 Å². The molecule has 1 aromatic rings. The van der Waals surface area contributed by atoms with Crippen molar-refractivity contribution in [1.29, 1.82) is 0 Å². The van der Waals surface area contributed by atoms with Crippen LogP contribution in [0.2, 0.25) is 18.1 Å². The maximum atomic E-state index is 11.6. The summed E-state index contributed by atoms with van der Waals surface area (Å²) in [6.45, 7) is 13.3. The Hall–Kier alpha value is -0.213. The Bertz CT molecular complexity index is 618. The van der Waals surface area contributed by atoms with Gasteiger partial charge in [-0.15, -0.1) is 11.3 Å². The molecule has 1 unspecified atom stereocenters. The van der Waals surface area contributed by atoms with Crippen molar-refractivity contribution in [3.8, 4) is 0 Å². The number of hydrogen-bond donors (Lipinski definition) is 1. The molecule has 0 amide bonds. The van der Waals surface area contributed by atoms with Crippen molar-refractivity contribution in [3.05, 3.63) is 17.0 Å². The van der Waals surface area contributed by atoms with Crippen molar-refractivity contribution >= 4 is 29.7 Å². The summed E-state index contributed by atoms with van der Waals surface area (Å²) in [5.41, 5.74) is 0.949. The van der Waals surface area contributed by atoms with Crippen LogP contribution in [0.3, 0.4) is 0 Å². The normalized spacial score (nSPS) is 14.8. The number of sulfonamides is 1. The molecule has 2 N–H and O–H groups in total. The summed E-state index contributed by atoms with van der Waals surface area (Å²) in [5, 5.41) is 7.26. The predicted molar refractivity (Wildman–Crippen MR) is 105 cm³/mol. The van der Waals surface area contributed by atoms with Gasteiger partial charge in [-0.05, 0) is 41.6 Å². The molecular formula is C17H33NO3S2Si. The highest BCUT2D eigenvalue weighted by Gasteiger charge is 2.39. The van der Waals surface area contributed by atoms with Gasteiger partial charge in [0, 0.05) is 0 Å². The molecule has 0 aliphatic rings. The maximum absolute atomic E-state index is 11.6. The lowest BCUT2D eigenvalue weighted by molar-refractivity contribution is 0.170. The van der Waals surface area contributed by atoms with Gasteiger partial charge in [-0.3, -0.25) is 0 Å². The molecule has 0 bridgehead atoms. The van der Waals surface area contributed by atoms with E-state index < -0.39 is 18.3 Å². The smallest absolute Gasteiger partial charge is 0.247 e. The van der Waals surface area contributed by atoms with Crippen molar-refractivity contribution in [3.63, 3.8) is 0 Å². The second kappa shape index (κ2) is 8.45. The van der Waals surface area contributed by atoms with Crippen molar-refractivity contribution in [2.24, 2.45) is 5.14 Å². The standard InChI is InChI=1S/C17H33NO3S2Si/c1-7-8-9-10-11-15(21-24(5,6)17(2,3)4)14-12-16(22-13-14)23(18,19)20/h12-13,15H,7-11H2,1-6H3,(H2,18,19,20). The van der Waals surface area contributed by atoms with Gasteiger partial charge in [0.2, 0.25) is 10.0 Å². The van der Waals surface area contributed by atoms with Gasteiger partial charge in [0.25, 0.3) is 0 Å². The molecule has 0 aromatic carbocycles. The van der Waals surface area contributed by atoms with Crippen LogP contribution < -0.4 is 5.14 Å². The first kappa shape index (κ1) is 21.8. The fourth-order valence-electron chi connectivity index (χ4n) is 2.23.